The Labute approximate surface area is 126 Å². The van der Waals surface area contributed by atoms with Gasteiger partial charge in [-0.2, -0.15) is 0 Å². The smallest absolute Gasteiger partial charge is 0.259 e. The highest BCUT2D eigenvalue weighted by molar-refractivity contribution is 9.10. The molecule has 0 aliphatic heterocycles. The number of amides is 1. The monoisotopic (exact) mass is 333 g/mol. The molecule has 1 aromatic heterocycles. The van der Waals surface area contributed by atoms with Gasteiger partial charge in [-0.25, -0.2) is 0 Å². The minimum absolute atomic E-state index is 0.177. The summed E-state index contributed by atoms with van der Waals surface area (Å²) in [6.45, 7) is 3.99. The van der Waals surface area contributed by atoms with Crippen LogP contribution in [0.5, 0.6) is 0 Å². The molecule has 0 aliphatic rings. The lowest BCUT2D eigenvalue weighted by molar-refractivity contribution is 0.102. The number of hydrogen-bond acceptors (Lipinski definition) is 3. The summed E-state index contributed by atoms with van der Waals surface area (Å²) in [5, 5.41) is 5.89. The van der Waals surface area contributed by atoms with Crippen LogP contribution in [-0.4, -0.2) is 17.9 Å². The minimum atomic E-state index is -0.177. The summed E-state index contributed by atoms with van der Waals surface area (Å²) in [5.74, 6) is -0.177. The fourth-order valence-corrected chi connectivity index (χ4v) is 2.24. The van der Waals surface area contributed by atoms with E-state index in [0.29, 0.717) is 5.56 Å². The number of halogens is 1. The summed E-state index contributed by atoms with van der Waals surface area (Å²) in [7, 11) is 1.78. The van der Waals surface area contributed by atoms with Gasteiger partial charge in [0.2, 0.25) is 0 Å². The lowest BCUT2D eigenvalue weighted by Gasteiger charge is -2.11. The van der Waals surface area contributed by atoms with Crippen LogP contribution in [0, 0.1) is 13.8 Å². The van der Waals surface area contributed by atoms with E-state index in [4.69, 9.17) is 0 Å². The highest BCUT2D eigenvalue weighted by Gasteiger charge is 2.12. The standard InChI is InChI=1S/C15H16BrN3O/c1-9-6-11(7-10(2)14(9)16)19-15(20)12-8-18-5-4-13(12)17-3/h4-8H,1-3H3,(H,17,18)(H,19,20). The zero-order valence-electron chi connectivity index (χ0n) is 11.6. The third kappa shape index (κ3) is 2.99. The first-order valence-corrected chi connectivity index (χ1v) is 7.02. The average molecular weight is 334 g/mol. The zero-order valence-corrected chi connectivity index (χ0v) is 13.2. The number of aromatic nitrogens is 1. The summed E-state index contributed by atoms with van der Waals surface area (Å²) in [6.07, 6.45) is 3.20. The van der Waals surface area contributed by atoms with Crippen molar-refractivity contribution in [2.75, 3.05) is 17.7 Å². The van der Waals surface area contributed by atoms with Crippen molar-refractivity contribution < 1.29 is 4.79 Å². The predicted molar refractivity (Wildman–Crippen MR) is 85.4 cm³/mol. The SMILES string of the molecule is CNc1ccncc1C(=O)Nc1cc(C)c(Br)c(C)c1. The van der Waals surface area contributed by atoms with E-state index in [0.717, 1.165) is 27.0 Å². The van der Waals surface area contributed by atoms with Gasteiger partial charge in [-0.15, -0.1) is 0 Å². The van der Waals surface area contributed by atoms with E-state index in [1.807, 2.05) is 26.0 Å². The molecular formula is C15H16BrN3O. The number of hydrogen-bond donors (Lipinski definition) is 2. The molecule has 104 valence electrons. The van der Waals surface area contributed by atoms with Crippen molar-refractivity contribution in [2.24, 2.45) is 0 Å². The molecule has 1 amide bonds. The number of carbonyl (C=O) groups excluding carboxylic acids is 1. The van der Waals surface area contributed by atoms with Gasteiger partial charge in [-0.1, -0.05) is 15.9 Å². The molecule has 2 rings (SSSR count). The van der Waals surface area contributed by atoms with Gasteiger partial charge in [0.25, 0.3) is 5.91 Å². The zero-order chi connectivity index (χ0) is 14.7. The van der Waals surface area contributed by atoms with Gasteiger partial charge < -0.3 is 10.6 Å². The van der Waals surface area contributed by atoms with E-state index >= 15 is 0 Å². The summed E-state index contributed by atoms with van der Waals surface area (Å²) in [5.41, 5.74) is 4.22. The second kappa shape index (κ2) is 6.05. The predicted octanol–water partition coefficient (Wildman–Crippen LogP) is 3.75. The molecule has 0 spiro atoms. The van der Waals surface area contributed by atoms with Crippen molar-refractivity contribution >= 4 is 33.2 Å². The molecule has 20 heavy (non-hydrogen) atoms. The fraction of sp³-hybridized carbons (Fsp3) is 0.200. The first kappa shape index (κ1) is 14.5. The Kier molecular flexibility index (Phi) is 4.39. The molecule has 1 heterocycles. The molecule has 2 aromatic rings. The Balaban J connectivity index is 2.28. The Hall–Kier alpha value is -1.88. The molecule has 0 saturated heterocycles. The van der Waals surface area contributed by atoms with Crippen molar-refractivity contribution in [3.63, 3.8) is 0 Å². The van der Waals surface area contributed by atoms with E-state index in [-0.39, 0.29) is 5.91 Å². The summed E-state index contributed by atoms with van der Waals surface area (Å²) in [6, 6.07) is 5.64. The molecule has 5 heteroatoms. The number of nitrogens with zero attached hydrogens (tertiary/aromatic N) is 1. The van der Waals surface area contributed by atoms with Crippen molar-refractivity contribution in [3.05, 3.63) is 51.8 Å². The first-order valence-electron chi connectivity index (χ1n) is 6.22. The highest BCUT2D eigenvalue weighted by Crippen LogP contribution is 2.25. The van der Waals surface area contributed by atoms with Crippen LogP contribution in [0.2, 0.25) is 0 Å². The number of aryl methyl sites for hydroxylation is 2. The maximum absolute atomic E-state index is 12.3. The van der Waals surface area contributed by atoms with Crippen LogP contribution in [0.25, 0.3) is 0 Å². The third-order valence-electron chi connectivity index (χ3n) is 3.03. The van der Waals surface area contributed by atoms with Gasteiger partial charge in [0.15, 0.2) is 0 Å². The molecule has 0 unspecified atom stereocenters. The molecule has 0 fully saturated rings. The van der Waals surface area contributed by atoms with E-state index in [1.165, 1.54) is 0 Å². The van der Waals surface area contributed by atoms with Gasteiger partial charge in [-0.05, 0) is 43.2 Å². The molecule has 4 nitrogen and oxygen atoms in total. The summed E-state index contributed by atoms with van der Waals surface area (Å²) < 4.78 is 1.06. The average Bonchev–Trinajstić information content (AvgIpc) is 2.44. The number of anilines is 2. The van der Waals surface area contributed by atoms with Crippen LogP contribution in [-0.2, 0) is 0 Å². The van der Waals surface area contributed by atoms with Crippen LogP contribution < -0.4 is 10.6 Å². The lowest BCUT2D eigenvalue weighted by Crippen LogP contribution is -2.14. The fourth-order valence-electron chi connectivity index (χ4n) is 2.01. The summed E-state index contributed by atoms with van der Waals surface area (Å²) in [4.78, 5) is 16.3. The van der Waals surface area contributed by atoms with Crippen LogP contribution in [0.1, 0.15) is 21.5 Å². The minimum Gasteiger partial charge on any atom is -0.387 e. The van der Waals surface area contributed by atoms with Crippen molar-refractivity contribution in [1.82, 2.24) is 4.98 Å². The number of pyridine rings is 1. The van der Waals surface area contributed by atoms with Gasteiger partial charge in [0.05, 0.1) is 5.56 Å². The van der Waals surface area contributed by atoms with Crippen LogP contribution >= 0.6 is 15.9 Å². The molecule has 0 bridgehead atoms. The maximum Gasteiger partial charge on any atom is 0.259 e. The Bertz CT molecular complexity index is 632. The van der Waals surface area contributed by atoms with Gasteiger partial charge in [-0.3, -0.25) is 9.78 Å². The molecular weight excluding hydrogens is 318 g/mol. The van der Waals surface area contributed by atoms with Crippen LogP contribution in [0.4, 0.5) is 11.4 Å². The van der Waals surface area contributed by atoms with E-state index < -0.39 is 0 Å². The molecule has 0 saturated carbocycles. The highest BCUT2D eigenvalue weighted by atomic mass is 79.9. The number of benzene rings is 1. The lowest BCUT2D eigenvalue weighted by atomic mass is 10.1. The first-order chi connectivity index (χ1) is 9.52. The molecule has 0 aliphatic carbocycles. The second-order valence-electron chi connectivity index (χ2n) is 4.55. The van der Waals surface area contributed by atoms with Crippen LogP contribution in [0.3, 0.4) is 0 Å². The Morgan fingerprint density at radius 2 is 1.90 bits per heavy atom. The maximum atomic E-state index is 12.3. The quantitative estimate of drug-likeness (QED) is 0.899. The molecule has 1 aromatic carbocycles. The number of nitrogens with one attached hydrogen (secondary N) is 2. The molecule has 0 radical (unpaired) electrons. The molecule has 0 atom stereocenters. The van der Waals surface area contributed by atoms with Gasteiger partial charge >= 0.3 is 0 Å². The topological polar surface area (TPSA) is 54.0 Å². The van der Waals surface area contributed by atoms with Crippen molar-refractivity contribution in [2.45, 2.75) is 13.8 Å². The van der Waals surface area contributed by atoms with Crippen molar-refractivity contribution in [3.8, 4) is 0 Å². The van der Waals surface area contributed by atoms with E-state index in [2.05, 4.69) is 31.5 Å². The van der Waals surface area contributed by atoms with Crippen molar-refractivity contribution in [1.29, 1.82) is 0 Å². The molecule has 2 N–H and O–H groups in total. The Morgan fingerprint density at radius 3 is 2.50 bits per heavy atom. The van der Waals surface area contributed by atoms with E-state index in [1.54, 1.807) is 25.5 Å². The Morgan fingerprint density at radius 1 is 1.25 bits per heavy atom. The van der Waals surface area contributed by atoms with Gasteiger partial charge in [0.1, 0.15) is 0 Å². The van der Waals surface area contributed by atoms with Gasteiger partial charge in [0, 0.05) is 35.3 Å². The number of rotatable bonds is 3. The summed E-state index contributed by atoms with van der Waals surface area (Å²) >= 11 is 3.51. The normalized spacial score (nSPS) is 10.2. The second-order valence-corrected chi connectivity index (χ2v) is 5.34. The number of carbonyl (C=O) groups is 1. The third-order valence-corrected chi connectivity index (χ3v) is 4.28. The van der Waals surface area contributed by atoms with E-state index in [9.17, 15) is 4.79 Å². The van der Waals surface area contributed by atoms with Crippen LogP contribution in [0.15, 0.2) is 35.1 Å². The largest absolute Gasteiger partial charge is 0.387 e.